The third-order valence-corrected chi connectivity index (χ3v) is 8.50. The van der Waals surface area contributed by atoms with Crippen LogP contribution in [0.2, 0.25) is 5.02 Å². The minimum atomic E-state index is -1.15. The number of fused-ring (bicyclic) bond motifs is 8. The fourth-order valence-electron chi connectivity index (χ4n) is 6.80. The van der Waals surface area contributed by atoms with Gasteiger partial charge in [0, 0.05) is 11.6 Å². The van der Waals surface area contributed by atoms with Crippen LogP contribution in [-0.2, 0) is 15.1 Å². The summed E-state index contributed by atoms with van der Waals surface area (Å²) in [4.78, 5) is 48.6. The second kappa shape index (κ2) is 8.09. The van der Waals surface area contributed by atoms with Crippen LogP contribution in [-0.4, -0.2) is 27.4 Å². The third kappa shape index (κ3) is 2.88. The molecule has 2 fully saturated rings. The van der Waals surface area contributed by atoms with E-state index in [0.717, 1.165) is 5.56 Å². The molecule has 2 saturated heterocycles. The van der Waals surface area contributed by atoms with Gasteiger partial charge in [0.05, 0.1) is 39.1 Å². The maximum atomic E-state index is 14.4. The van der Waals surface area contributed by atoms with E-state index in [1.807, 2.05) is 42.5 Å². The van der Waals surface area contributed by atoms with Crippen LogP contribution in [0.15, 0.2) is 77.6 Å². The van der Waals surface area contributed by atoms with Crippen LogP contribution in [0.4, 0.5) is 5.69 Å². The monoisotopic (exact) mass is 524 g/mol. The van der Waals surface area contributed by atoms with Crippen LogP contribution in [0.25, 0.3) is 16.6 Å². The minimum absolute atomic E-state index is 0.194. The molecule has 3 aromatic carbocycles. The van der Waals surface area contributed by atoms with E-state index in [4.69, 9.17) is 16.6 Å². The summed E-state index contributed by atoms with van der Waals surface area (Å²) in [5, 5.41) is 4.57. The van der Waals surface area contributed by atoms with Crippen LogP contribution in [0.1, 0.15) is 31.7 Å². The molecule has 2 amide bonds. The summed E-state index contributed by atoms with van der Waals surface area (Å²) in [6.07, 6.45) is 0.679. The number of carbonyl (C=O) groups is 2. The predicted octanol–water partition coefficient (Wildman–Crippen LogP) is 4.42. The topological polar surface area (TPSA) is 84.3 Å². The van der Waals surface area contributed by atoms with Gasteiger partial charge < -0.3 is 0 Å². The van der Waals surface area contributed by atoms with E-state index in [1.165, 1.54) is 4.90 Å². The second-order valence-electron chi connectivity index (χ2n) is 10.8. The van der Waals surface area contributed by atoms with Crippen molar-refractivity contribution in [2.75, 3.05) is 4.90 Å². The van der Waals surface area contributed by atoms with Gasteiger partial charge in [-0.05, 0) is 42.7 Å². The van der Waals surface area contributed by atoms with Crippen molar-refractivity contribution < 1.29 is 9.59 Å². The molecule has 7 rings (SSSR count). The normalized spacial score (nSPS) is 25.5. The van der Waals surface area contributed by atoms with Crippen molar-refractivity contribution in [3.05, 3.63) is 99.6 Å². The summed E-state index contributed by atoms with van der Waals surface area (Å²) in [6.45, 7) is 4.20. The standard InChI is InChI=1S/C30H25ClN4O3/c1-16(2)15-21-24-25(28(38)34(27(24)37)23-14-8-5-11-19(23)31)30(33-21)18-10-4-7-13-22(18)35-26(36)17-9-3-6-12-20(17)32-29(30)35/h3-14,16,21,24-25,33H,15H2,1-2H3/t21-,24+,25-,30+/m1/s1. The highest BCUT2D eigenvalue weighted by atomic mass is 35.5. The summed E-state index contributed by atoms with van der Waals surface area (Å²) in [7, 11) is 0. The number of para-hydroxylation sites is 3. The fourth-order valence-corrected chi connectivity index (χ4v) is 7.02. The number of hydrogen-bond acceptors (Lipinski definition) is 5. The average Bonchev–Trinajstić information content (AvgIpc) is 3.48. The highest BCUT2D eigenvalue weighted by molar-refractivity contribution is 6.36. The molecular weight excluding hydrogens is 500 g/mol. The Morgan fingerprint density at radius 2 is 1.61 bits per heavy atom. The molecule has 0 saturated carbocycles. The second-order valence-corrected chi connectivity index (χ2v) is 11.2. The lowest BCUT2D eigenvalue weighted by atomic mass is 9.75. The highest BCUT2D eigenvalue weighted by Crippen LogP contribution is 2.56. The van der Waals surface area contributed by atoms with Gasteiger partial charge in [-0.2, -0.15) is 0 Å². The van der Waals surface area contributed by atoms with Gasteiger partial charge in [-0.1, -0.05) is 67.9 Å². The third-order valence-electron chi connectivity index (χ3n) is 8.18. The molecule has 3 aliphatic rings. The number of rotatable bonds is 3. The minimum Gasteiger partial charge on any atom is -0.297 e. The Balaban J connectivity index is 1.53. The molecule has 190 valence electrons. The summed E-state index contributed by atoms with van der Waals surface area (Å²) in [5.74, 6) is -1.32. The number of nitrogens with zero attached hydrogens (tertiary/aromatic N) is 3. The zero-order valence-electron chi connectivity index (χ0n) is 20.9. The van der Waals surface area contributed by atoms with E-state index in [0.29, 0.717) is 39.5 Å². The van der Waals surface area contributed by atoms with E-state index in [2.05, 4.69) is 19.2 Å². The molecule has 1 aromatic heterocycles. The Labute approximate surface area is 224 Å². The molecule has 4 heterocycles. The zero-order valence-corrected chi connectivity index (χ0v) is 21.6. The summed E-state index contributed by atoms with van der Waals surface area (Å²) in [6, 6.07) is 21.4. The predicted molar refractivity (Wildman–Crippen MR) is 145 cm³/mol. The Kier molecular flexibility index (Phi) is 4.97. The van der Waals surface area contributed by atoms with Crippen LogP contribution in [0, 0.1) is 17.8 Å². The van der Waals surface area contributed by atoms with Crippen molar-refractivity contribution in [2.45, 2.75) is 31.8 Å². The first-order valence-corrected chi connectivity index (χ1v) is 13.2. The molecule has 3 aliphatic heterocycles. The van der Waals surface area contributed by atoms with Gasteiger partial charge in [-0.3, -0.25) is 24.3 Å². The molecule has 4 atom stereocenters. The van der Waals surface area contributed by atoms with Crippen molar-refractivity contribution in [3.8, 4) is 5.69 Å². The van der Waals surface area contributed by atoms with Gasteiger partial charge in [0.1, 0.15) is 11.4 Å². The van der Waals surface area contributed by atoms with Crippen molar-refractivity contribution in [3.63, 3.8) is 0 Å². The van der Waals surface area contributed by atoms with Gasteiger partial charge in [-0.15, -0.1) is 0 Å². The SMILES string of the molecule is CC(C)C[C@H]1N[C@@]2(c3ccccc3-n3c2nc2ccccc2c3=O)[C@H]2C(=O)N(c3ccccc3Cl)C(=O)[C@@H]12. The molecule has 8 heteroatoms. The molecule has 0 radical (unpaired) electrons. The van der Waals surface area contributed by atoms with Gasteiger partial charge in [0.15, 0.2) is 0 Å². The molecular formula is C30H25ClN4O3. The number of imide groups is 1. The van der Waals surface area contributed by atoms with Gasteiger partial charge in [-0.25, -0.2) is 9.88 Å². The molecule has 0 aliphatic carbocycles. The van der Waals surface area contributed by atoms with Crippen molar-refractivity contribution in [1.82, 2.24) is 14.9 Å². The molecule has 1 spiro atoms. The maximum Gasteiger partial charge on any atom is 0.266 e. The van der Waals surface area contributed by atoms with E-state index < -0.39 is 17.4 Å². The number of amides is 2. The van der Waals surface area contributed by atoms with Crippen LogP contribution >= 0.6 is 11.6 Å². The zero-order chi connectivity index (χ0) is 26.3. The Morgan fingerprint density at radius 1 is 0.921 bits per heavy atom. The number of nitrogens with one attached hydrogen (secondary N) is 1. The van der Waals surface area contributed by atoms with Crippen LogP contribution in [0.5, 0.6) is 0 Å². The lowest BCUT2D eigenvalue weighted by Crippen LogP contribution is -2.50. The highest BCUT2D eigenvalue weighted by Gasteiger charge is 2.69. The van der Waals surface area contributed by atoms with E-state index in [1.54, 1.807) is 34.9 Å². The van der Waals surface area contributed by atoms with Gasteiger partial charge >= 0.3 is 0 Å². The number of carbonyl (C=O) groups excluding carboxylic acids is 2. The fraction of sp³-hybridized carbons (Fsp3) is 0.267. The first kappa shape index (κ1) is 23.3. The Morgan fingerprint density at radius 3 is 2.37 bits per heavy atom. The molecule has 0 unspecified atom stereocenters. The lowest BCUT2D eigenvalue weighted by molar-refractivity contribution is -0.123. The van der Waals surface area contributed by atoms with Crippen molar-refractivity contribution in [1.29, 1.82) is 0 Å². The van der Waals surface area contributed by atoms with Gasteiger partial charge in [0.2, 0.25) is 11.8 Å². The number of aromatic nitrogens is 2. The Hall–Kier alpha value is -3.81. The van der Waals surface area contributed by atoms with Crippen LogP contribution in [0.3, 0.4) is 0 Å². The number of hydrogen-bond donors (Lipinski definition) is 1. The molecule has 1 N–H and O–H groups in total. The Bertz CT molecular complexity index is 1730. The van der Waals surface area contributed by atoms with Crippen LogP contribution < -0.4 is 15.8 Å². The summed E-state index contributed by atoms with van der Waals surface area (Å²) in [5.41, 5.74) is 1.06. The first-order valence-electron chi connectivity index (χ1n) is 12.9. The molecule has 0 bridgehead atoms. The van der Waals surface area contributed by atoms with Crippen molar-refractivity contribution >= 4 is 40.0 Å². The largest absolute Gasteiger partial charge is 0.297 e. The smallest absolute Gasteiger partial charge is 0.266 e. The van der Waals surface area contributed by atoms with E-state index in [9.17, 15) is 14.4 Å². The number of anilines is 1. The summed E-state index contributed by atoms with van der Waals surface area (Å²) >= 11 is 6.49. The lowest BCUT2D eigenvalue weighted by Gasteiger charge is -2.32. The number of halogens is 1. The van der Waals surface area contributed by atoms with E-state index in [-0.39, 0.29) is 29.3 Å². The van der Waals surface area contributed by atoms with Gasteiger partial charge in [0.25, 0.3) is 5.56 Å². The number of benzene rings is 3. The van der Waals surface area contributed by atoms with E-state index >= 15 is 0 Å². The first-order chi connectivity index (χ1) is 18.3. The average molecular weight is 525 g/mol. The summed E-state index contributed by atoms with van der Waals surface area (Å²) < 4.78 is 1.62. The molecule has 4 aromatic rings. The van der Waals surface area contributed by atoms with Crippen molar-refractivity contribution in [2.24, 2.45) is 17.8 Å². The quantitative estimate of drug-likeness (QED) is 0.401. The molecule has 38 heavy (non-hydrogen) atoms. The molecule has 7 nitrogen and oxygen atoms in total. The maximum absolute atomic E-state index is 14.4.